The van der Waals surface area contributed by atoms with Gasteiger partial charge < -0.3 is 5.73 Å². The lowest BCUT2D eigenvalue weighted by Gasteiger charge is -2.29. The molecule has 0 saturated carbocycles. The number of aliphatic imine (C=N–C) groups is 1. The molecule has 30 heavy (non-hydrogen) atoms. The van der Waals surface area contributed by atoms with Crippen molar-refractivity contribution in [3.63, 3.8) is 0 Å². The minimum absolute atomic E-state index is 0.0179. The summed E-state index contributed by atoms with van der Waals surface area (Å²) in [6.07, 6.45) is 4.37. The van der Waals surface area contributed by atoms with Crippen LogP contribution in [-0.2, 0) is 11.2 Å². The number of nitrogens with two attached hydrogens (primary N) is 1. The molecular formula is C24H23N3O2S. The highest BCUT2D eigenvalue weighted by atomic mass is 32.1. The Morgan fingerprint density at radius 3 is 2.50 bits per heavy atom. The van der Waals surface area contributed by atoms with E-state index < -0.39 is 5.92 Å². The van der Waals surface area contributed by atoms with Crippen LogP contribution in [0.25, 0.3) is 0 Å². The Morgan fingerprint density at radius 1 is 1.17 bits per heavy atom. The number of aryl methyl sites for hydroxylation is 1. The van der Waals surface area contributed by atoms with E-state index in [1.165, 1.54) is 16.9 Å². The molecule has 6 heteroatoms. The van der Waals surface area contributed by atoms with Crippen LogP contribution in [0.2, 0.25) is 0 Å². The Bertz CT molecular complexity index is 1150. The van der Waals surface area contributed by atoms with E-state index >= 15 is 0 Å². The molecule has 0 aliphatic carbocycles. The highest BCUT2D eigenvalue weighted by Crippen LogP contribution is 2.51. The van der Waals surface area contributed by atoms with Crippen LogP contribution in [0.4, 0.5) is 10.7 Å². The number of ketones is 2. The third-order valence-corrected chi connectivity index (χ3v) is 6.76. The molecule has 3 aromatic rings. The lowest BCUT2D eigenvalue weighted by atomic mass is 9.75. The third-order valence-electron chi connectivity index (χ3n) is 5.65. The summed E-state index contributed by atoms with van der Waals surface area (Å²) in [5.74, 6) is -0.828. The Hall–Kier alpha value is -3.12. The van der Waals surface area contributed by atoms with Gasteiger partial charge in [-0.25, -0.2) is 4.99 Å². The number of Topliss-reactive ketones (excluding diaryl/α,β-unsaturated/α-hetero) is 1. The molecule has 1 aliphatic rings. The predicted octanol–water partition coefficient (Wildman–Crippen LogP) is 4.96. The highest BCUT2D eigenvalue weighted by molar-refractivity contribution is 7.18. The summed E-state index contributed by atoms with van der Waals surface area (Å²) in [5.41, 5.74) is 11.1. The van der Waals surface area contributed by atoms with Gasteiger partial charge in [0.25, 0.3) is 0 Å². The first kappa shape index (κ1) is 20.2. The zero-order valence-corrected chi connectivity index (χ0v) is 18.0. The summed E-state index contributed by atoms with van der Waals surface area (Å²) >= 11 is 1.30. The maximum absolute atomic E-state index is 13.2. The van der Waals surface area contributed by atoms with Crippen molar-refractivity contribution in [2.75, 3.05) is 5.73 Å². The first-order valence-electron chi connectivity index (χ1n) is 9.93. The molecule has 1 aliphatic heterocycles. The van der Waals surface area contributed by atoms with Gasteiger partial charge in [-0.2, -0.15) is 0 Å². The van der Waals surface area contributed by atoms with Crippen LogP contribution in [0, 0.1) is 5.92 Å². The molecule has 1 aromatic carbocycles. The normalized spacial score (nSPS) is 17.9. The molecule has 2 atom stereocenters. The number of thiophene rings is 1. The Balaban J connectivity index is 1.85. The number of aromatic nitrogens is 1. The Labute approximate surface area is 179 Å². The topological polar surface area (TPSA) is 85.4 Å². The van der Waals surface area contributed by atoms with Crippen LogP contribution in [-0.4, -0.2) is 22.3 Å². The number of hydrogen-bond acceptors (Lipinski definition) is 6. The molecule has 2 N–H and O–H groups in total. The summed E-state index contributed by atoms with van der Waals surface area (Å²) in [6.45, 7) is 5.51. The maximum Gasteiger partial charge on any atom is 0.205 e. The van der Waals surface area contributed by atoms with Crippen LogP contribution in [0.15, 0.2) is 53.8 Å². The molecule has 2 aromatic heterocycles. The van der Waals surface area contributed by atoms with Crippen molar-refractivity contribution in [1.82, 2.24) is 4.98 Å². The number of hydrogen-bond donors (Lipinski definition) is 1. The summed E-state index contributed by atoms with van der Waals surface area (Å²) in [6, 6.07) is 11.4. The monoisotopic (exact) mass is 417 g/mol. The lowest BCUT2D eigenvalue weighted by molar-refractivity contribution is -0.119. The van der Waals surface area contributed by atoms with Gasteiger partial charge in [0.1, 0.15) is 15.7 Å². The van der Waals surface area contributed by atoms with Crippen LogP contribution >= 0.6 is 11.3 Å². The third kappa shape index (κ3) is 3.37. The molecule has 0 saturated heterocycles. The second-order valence-electron chi connectivity index (χ2n) is 7.55. The first-order valence-corrected chi connectivity index (χ1v) is 10.7. The molecule has 2 unspecified atom stereocenters. The van der Waals surface area contributed by atoms with Crippen molar-refractivity contribution < 1.29 is 9.59 Å². The number of rotatable bonds is 5. The fraction of sp³-hybridized carbons (Fsp3) is 0.250. The molecule has 5 nitrogen and oxygen atoms in total. The number of carbonyl (C=O) groups is 2. The maximum atomic E-state index is 13.2. The number of anilines is 1. The zero-order chi connectivity index (χ0) is 21.4. The van der Waals surface area contributed by atoms with Gasteiger partial charge in [0.05, 0.1) is 11.6 Å². The fourth-order valence-corrected chi connectivity index (χ4v) is 5.27. The van der Waals surface area contributed by atoms with E-state index in [-0.39, 0.29) is 17.5 Å². The predicted molar refractivity (Wildman–Crippen MR) is 121 cm³/mol. The van der Waals surface area contributed by atoms with Crippen molar-refractivity contribution in [1.29, 1.82) is 0 Å². The van der Waals surface area contributed by atoms with Crippen molar-refractivity contribution in [3.05, 3.63) is 75.9 Å². The summed E-state index contributed by atoms with van der Waals surface area (Å²) < 4.78 is 0. The van der Waals surface area contributed by atoms with E-state index in [2.05, 4.69) is 16.9 Å². The molecule has 0 bridgehead atoms. The number of nitrogen functional groups attached to an aromatic ring is 1. The fourth-order valence-electron chi connectivity index (χ4n) is 4.10. The van der Waals surface area contributed by atoms with Gasteiger partial charge in [-0.05, 0) is 37.5 Å². The zero-order valence-electron chi connectivity index (χ0n) is 17.2. The smallest absolute Gasteiger partial charge is 0.205 e. The van der Waals surface area contributed by atoms with Gasteiger partial charge in [0, 0.05) is 35.2 Å². The SMILES string of the molecule is CCc1ccc(C(=O)c2sc3c(c2N)C(c2cccnc2)C(C(C)=O)C(C)=N3)cc1. The summed E-state index contributed by atoms with van der Waals surface area (Å²) in [5, 5.41) is 0.699. The molecule has 152 valence electrons. The van der Waals surface area contributed by atoms with Crippen LogP contribution in [0.3, 0.4) is 0 Å². The number of nitrogens with zero attached hydrogens (tertiary/aromatic N) is 2. The standard InChI is InChI=1S/C24H23N3O2S/c1-4-15-7-9-16(10-8-15)22(29)23-21(25)20-19(17-6-5-11-26-12-17)18(14(3)28)13(2)27-24(20)30-23/h5-12,18-19H,4,25H2,1-3H3. The minimum atomic E-state index is -0.426. The summed E-state index contributed by atoms with van der Waals surface area (Å²) in [7, 11) is 0. The van der Waals surface area contributed by atoms with Gasteiger partial charge in [-0.1, -0.05) is 37.3 Å². The largest absolute Gasteiger partial charge is 0.397 e. The Kier molecular flexibility index (Phi) is 5.35. The van der Waals surface area contributed by atoms with Gasteiger partial charge in [-0.15, -0.1) is 11.3 Å². The average molecular weight is 418 g/mol. The Morgan fingerprint density at radius 2 is 1.90 bits per heavy atom. The molecule has 0 amide bonds. The van der Waals surface area contributed by atoms with Gasteiger partial charge in [0.15, 0.2) is 0 Å². The number of benzene rings is 1. The molecule has 0 spiro atoms. The second-order valence-corrected chi connectivity index (χ2v) is 8.55. The van der Waals surface area contributed by atoms with Crippen molar-refractivity contribution in [2.45, 2.75) is 33.1 Å². The van der Waals surface area contributed by atoms with E-state index in [0.29, 0.717) is 21.1 Å². The van der Waals surface area contributed by atoms with E-state index in [4.69, 9.17) is 5.73 Å². The highest BCUT2D eigenvalue weighted by Gasteiger charge is 2.39. The number of pyridine rings is 1. The summed E-state index contributed by atoms with van der Waals surface area (Å²) in [4.78, 5) is 35.1. The van der Waals surface area contributed by atoms with Crippen molar-refractivity contribution in [3.8, 4) is 0 Å². The molecule has 3 heterocycles. The van der Waals surface area contributed by atoms with E-state index in [1.807, 2.05) is 43.3 Å². The van der Waals surface area contributed by atoms with Gasteiger partial charge >= 0.3 is 0 Å². The molecule has 0 radical (unpaired) electrons. The number of fused-ring (bicyclic) bond motifs is 1. The number of carbonyl (C=O) groups excluding carboxylic acids is 2. The van der Waals surface area contributed by atoms with Crippen LogP contribution < -0.4 is 5.73 Å². The van der Waals surface area contributed by atoms with E-state index in [0.717, 1.165) is 23.3 Å². The van der Waals surface area contributed by atoms with Crippen molar-refractivity contribution >= 4 is 39.3 Å². The average Bonchev–Trinajstić information content (AvgIpc) is 3.08. The van der Waals surface area contributed by atoms with Crippen LogP contribution in [0.5, 0.6) is 0 Å². The van der Waals surface area contributed by atoms with Gasteiger partial charge in [-0.3, -0.25) is 14.6 Å². The lowest BCUT2D eigenvalue weighted by Crippen LogP contribution is -2.30. The molecule has 4 rings (SSSR count). The van der Waals surface area contributed by atoms with Gasteiger partial charge in [0.2, 0.25) is 5.78 Å². The second kappa shape index (κ2) is 7.95. The molecule has 0 fully saturated rings. The van der Waals surface area contributed by atoms with E-state index in [1.54, 1.807) is 19.3 Å². The van der Waals surface area contributed by atoms with Crippen molar-refractivity contribution in [2.24, 2.45) is 10.9 Å². The minimum Gasteiger partial charge on any atom is -0.397 e. The van der Waals surface area contributed by atoms with E-state index in [9.17, 15) is 9.59 Å². The molecular weight excluding hydrogens is 394 g/mol. The quantitative estimate of drug-likeness (QED) is 0.595. The first-order chi connectivity index (χ1) is 14.4. The van der Waals surface area contributed by atoms with Crippen LogP contribution in [0.1, 0.15) is 58.6 Å².